The van der Waals surface area contributed by atoms with Gasteiger partial charge in [0.25, 0.3) is 15.5 Å². The Morgan fingerprint density at radius 1 is 0.442 bits per heavy atom. The number of benzene rings is 2. The molecule has 120 heavy (non-hydrogen) atoms. The molecule has 4 saturated heterocycles. The van der Waals surface area contributed by atoms with Gasteiger partial charge in [-0.25, -0.2) is 60.1 Å². The van der Waals surface area contributed by atoms with Crippen LogP contribution >= 0.6 is 50.2 Å². The Bertz CT molecular complexity index is 5740. The first kappa shape index (κ1) is 93.4. The highest BCUT2D eigenvalue weighted by molar-refractivity contribution is 7.99. The van der Waals surface area contributed by atoms with Gasteiger partial charge < -0.3 is 105 Å². The van der Waals surface area contributed by atoms with Crippen LogP contribution in [0, 0.1) is 0 Å². The molecule has 0 spiro atoms. The zero-order valence-electron chi connectivity index (χ0n) is 64.6. The van der Waals surface area contributed by atoms with Crippen molar-refractivity contribution in [3.63, 3.8) is 0 Å². The number of aliphatic hydroxyl groups excluding tert-OH is 11. The summed E-state index contributed by atoms with van der Waals surface area (Å²) in [6, 6.07) is 18.7. The summed E-state index contributed by atoms with van der Waals surface area (Å²) in [4.78, 5) is 77.6. The minimum Gasteiger partial charge on any atom is -0.394 e. The minimum absolute atomic E-state index is 0.0362. The zero-order valence-corrected chi connectivity index (χ0v) is 71.2. The molecule has 0 radical (unpaired) electrons. The van der Waals surface area contributed by atoms with Gasteiger partial charge in [0.1, 0.15) is 84.3 Å². The topological polar surface area (TPSA) is 664 Å². The molecule has 656 valence electrons. The number of aliphatic hydroxyl groups is 11. The summed E-state index contributed by atoms with van der Waals surface area (Å²) in [7, 11) is -21.2. The quantitative estimate of drug-likeness (QED) is 0.0153. The molecule has 10 aromatic rings. The molecule has 12 heterocycles. The van der Waals surface area contributed by atoms with Gasteiger partial charge in [-0.15, -0.1) is 0 Å². The first-order valence-electron chi connectivity index (χ1n) is 36.6. The smallest absolute Gasteiger partial charge is 0.340 e. The maximum Gasteiger partial charge on any atom is 0.340 e. The van der Waals surface area contributed by atoms with Gasteiger partial charge in [-0.2, -0.15) is 24.9 Å². The standard InChI is InChI=1S/C21H29N5O11P2S.C20H25N5O6S.C13H17ClN4O6S.C13H17ClN4O4S/c1-12(2)40(34,35)21-24-18(22-8-13-6-4-3-5-7-13)15-19(25-21)26(10-23-15)20-17(28)16(27)14(37-20)9-36-39(32,33)11-38(29,30)31;1-11(2)32(29,30)20-23-17(21-8-12-6-4-3-5-7-12)14-18(24-20)25(10-22-14)19-16(28)15(27)13(9-26)31-19;1-5(2)25(22,23)13-16-10(14)7-11(17-13)18(4-15-7)12-9(21)8(20)6(3-19)24-12;1-5(2)23-13-16-10(14)7-11(17-13)18(4-15-7)12-9(21)8(20)6(3-19)22-12/h3-7,10,12,14,16-17,20,27-28H,8-9,11H2,1-2H3,(H,32,33)(H,22,24,25)(H2,29,30,31);3-7,10-11,13,15-16,19,26-28H,8-9H2,1-2H3,(H,21,23,24);4-6,8-9,12,19-21H,3H2,1-2H3;4-6,8-9,12,19-21H,3H2,1-2H3/t14-,16-,17-,20-;13-,15-,16-,19-;2*6-,8-,9-,12-/m1111/s1. The number of thioether (sulfide) groups is 1. The van der Waals surface area contributed by atoms with E-state index in [1.54, 1.807) is 0 Å². The second-order valence-electron chi connectivity index (χ2n) is 28.7. The second kappa shape index (κ2) is 38.1. The number of halogens is 2. The Kier molecular flexibility index (Phi) is 29.6. The van der Waals surface area contributed by atoms with E-state index in [0.717, 1.165) is 11.1 Å². The summed E-state index contributed by atoms with van der Waals surface area (Å²) in [5.74, 6) is -1.13. The first-order chi connectivity index (χ1) is 56.4. The van der Waals surface area contributed by atoms with Crippen LogP contribution in [0.25, 0.3) is 44.7 Å². The lowest BCUT2D eigenvalue weighted by Gasteiger charge is -2.18. The van der Waals surface area contributed by atoms with Crippen LogP contribution in [-0.4, -0.2) is 301 Å². The molecule has 0 amide bonds. The summed E-state index contributed by atoms with van der Waals surface area (Å²) in [6.07, 6.45) is -14.6. The molecule has 4 fully saturated rings. The van der Waals surface area contributed by atoms with E-state index in [1.807, 2.05) is 74.5 Å². The van der Waals surface area contributed by atoms with Gasteiger partial charge in [-0.3, -0.25) is 27.4 Å². The molecule has 8 aromatic heterocycles. The van der Waals surface area contributed by atoms with Crippen LogP contribution in [0.5, 0.6) is 0 Å². The molecular formula is C67H88Cl2N18O27P2S4. The minimum atomic E-state index is -4.88. The van der Waals surface area contributed by atoms with Gasteiger partial charge in [0.2, 0.25) is 29.5 Å². The number of nitrogens with zero attached hydrogens (tertiary/aromatic N) is 16. The number of sulfone groups is 3. The molecule has 53 heteroatoms. The lowest BCUT2D eigenvalue weighted by Crippen LogP contribution is -2.33. The van der Waals surface area contributed by atoms with Gasteiger partial charge in [-0.1, -0.05) is 109 Å². The molecule has 14 rings (SSSR count). The van der Waals surface area contributed by atoms with Crippen molar-refractivity contribution in [1.82, 2.24) is 78.1 Å². The monoisotopic (exact) mass is 1840 g/mol. The van der Waals surface area contributed by atoms with E-state index < -0.39 is 201 Å². The summed E-state index contributed by atoms with van der Waals surface area (Å²) in [6.45, 7) is 11.5. The van der Waals surface area contributed by atoms with E-state index >= 15 is 0 Å². The Balaban J connectivity index is 0.000000160. The summed E-state index contributed by atoms with van der Waals surface area (Å²) >= 11 is 13.6. The SMILES string of the molecule is CC(C)S(=O)(=O)c1nc(Cl)c2ncn([C@@H]3O[C@H](CO)[C@@H](O)[C@H]3O)c2n1.CC(C)S(=O)(=O)c1nc(NCc2ccccc2)c2ncn([C@@H]3O[C@H](CO)[C@@H](O)[C@H]3O)c2n1.CC(C)S(=O)(=O)c1nc(NCc2ccccc2)c2ncn([C@@H]3O[C@H](COP(=O)(O)CP(=O)(O)O)[C@@H](O)[C@H]3O)c2n1.CC(C)Sc1nc(Cl)c2ncn([C@@H]3O[C@H](CO)[C@@H](O)[C@H]3O)c2n1. The molecule has 4 aliphatic rings. The number of anilines is 2. The van der Waals surface area contributed by atoms with Crippen molar-refractivity contribution in [3.8, 4) is 0 Å². The van der Waals surface area contributed by atoms with Crippen molar-refractivity contribution >= 4 is 136 Å². The average molecular weight is 1840 g/mol. The lowest BCUT2D eigenvalue weighted by molar-refractivity contribution is -0.0511. The highest BCUT2D eigenvalue weighted by atomic mass is 35.5. The van der Waals surface area contributed by atoms with Crippen molar-refractivity contribution < 1.29 is 129 Å². The maximum absolute atomic E-state index is 13.0. The van der Waals surface area contributed by atoms with Crippen molar-refractivity contribution in [1.29, 1.82) is 0 Å². The van der Waals surface area contributed by atoms with E-state index in [4.69, 9.17) is 56.5 Å². The second-order valence-corrected chi connectivity index (χ2v) is 42.1. The number of imidazole rings is 4. The van der Waals surface area contributed by atoms with E-state index in [2.05, 4.69) is 70.4 Å². The van der Waals surface area contributed by atoms with Crippen LogP contribution in [-0.2, 0) is 75.2 Å². The number of hydrogen-bond acceptors (Lipinski definition) is 39. The molecule has 0 bridgehead atoms. The Hall–Kier alpha value is -7.28. The molecule has 45 nitrogen and oxygen atoms in total. The van der Waals surface area contributed by atoms with Crippen LogP contribution in [0.1, 0.15) is 91.4 Å². The molecule has 0 saturated carbocycles. The number of aromatic nitrogens is 16. The highest BCUT2D eigenvalue weighted by Crippen LogP contribution is 2.56. The van der Waals surface area contributed by atoms with Crippen LogP contribution in [0.15, 0.2) is 107 Å². The normalized spacial score (nSPS) is 25.3. The predicted molar refractivity (Wildman–Crippen MR) is 424 cm³/mol. The fourth-order valence-electron chi connectivity index (χ4n) is 12.2. The van der Waals surface area contributed by atoms with Crippen molar-refractivity contribution in [2.45, 2.75) is 208 Å². The summed E-state index contributed by atoms with van der Waals surface area (Å²) in [5, 5.41) is 113. The molecule has 0 aliphatic carbocycles. The van der Waals surface area contributed by atoms with E-state index in [-0.39, 0.29) is 72.4 Å². The third-order valence-corrected chi connectivity index (χ3v) is 29.5. The van der Waals surface area contributed by atoms with Crippen molar-refractivity contribution in [2.24, 2.45) is 0 Å². The highest BCUT2D eigenvalue weighted by Gasteiger charge is 2.49. The first-order valence-corrected chi connectivity index (χ1v) is 46.4. The van der Waals surface area contributed by atoms with Crippen LogP contribution in [0.2, 0.25) is 10.3 Å². The average Bonchev–Trinajstić information content (AvgIpc) is 1.64. The van der Waals surface area contributed by atoms with Gasteiger partial charge in [0.15, 0.2) is 91.5 Å². The van der Waals surface area contributed by atoms with Gasteiger partial charge in [0.05, 0.1) is 67.5 Å². The van der Waals surface area contributed by atoms with E-state index in [0.29, 0.717) is 22.9 Å². The van der Waals surface area contributed by atoms with Crippen LogP contribution in [0.3, 0.4) is 0 Å². The number of fused-ring (bicyclic) bond motifs is 4. The summed E-state index contributed by atoms with van der Waals surface area (Å²) < 4.78 is 132. The fourth-order valence-corrected chi connectivity index (χ4v) is 18.6. The summed E-state index contributed by atoms with van der Waals surface area (Å²) in [5.41, 5.74) is 3.28. The van der Waals surface area contributed by atoms with Crippen molar-refractivity contribution in [3.05, 3.63) is 107 Å². The third kappa shape index (κ3) is 20.2. The molecule has 16 N–H and O–H groups in total. The number of ether oxygens (including phenoxy) is 4. The molecule has 2 aromatic carbocycles. The van der Waals surface area contributed by atoms with Crippen molar-refractivity contribution in [2.75, 3.05) is 43.0 Å². The molecule has 1 unspecified atom stereocenters. The molecule has 4 aliphatic heterocycles. The number of hydrogen-bond donors (Lipinski definition) is 16. The number of nitrogens with one attached hydrogen (secondary N) is 2. The van der Waals surface area contributed by atoms with Gasteiger partial charge in [-0.05, 0) is 52.7 Å². The van der Waals surface area contributed by atoms with Crippen LogP contribution < -0.4 is 10.6 Å². The molecular weight excluding hydrogens is 1750 g/mol. The third-order valence-electron chi connectivity index (χ3n) is 18.9. The predicted octanol–water partition coefficient (Wildman–Crippen LogP) is 0.674. The lowest BCUT2D eigenvalue weighted by atomic mass is 10.1. The van der Waals surface area contributed by atoms with Gasteiger partial charge in [0, 0.05) is 18.3 Å². The Labute approximate surface area is 697 Å². The van der Waals surface area contributed by atoms with E-state index in [9.17, 15) is 95.4 Å². The Morgan fingerprint density at radius 3 is 1.07 bits per heavy atom. The van der Waals surface area contributed by atoms with Gasteiger partial charge >= 0.3 is 15.2 Å². The maximum atomic E-state index is 13.0. The van der Waals surface area contributed by atoms with Crippen LogP contribution in [0.4, 0.5) is 11.6 Å². The largest absolute Gasteiger partial charge is 0.394 e. The Morgan fingerprint density at radius 2 is 0.750 bits per heavy atom. The fraction of sp³-hybridized carbons (Fsp3) is 0.522. The number of rotatable bonds is 26. The van der Waals surface area contributed by atoms with E-state index in [1.165, 1.54) is 96.9 Å². The zero-order chi connectivity index (χ0) is 87.7. The molecule has 17 atom stereocenters.